The van der Waals surface area contributed by atoms with Crippen LogP contribution >= 0.6 is 0 Å². The number of esters is 1. The number of carboxylic acid groups (broad SMARTS) is 1. The number of ether oxygens (including phenoxy) is 1. The minimum Gasteiger partial charge on any atom is -0.481 e. The second-order valence-corrected chi connectivity index (χ2v) is 4.55. The summed E-state index contributed by atoms with van der Waals surface area (Å²) in [7, 11) is 0. The lowest BCUT2D eigenvalue weighted by Gasteiger charge is -2.26. The molecule has 0 aliphatic rings. The van der Waals surface area contributed by atoms with E-state index in [1.54, 1.807) is 0 Å². The van der Waals surface area contributed by atoms with Crippen molar-refractivity contribution in [1.82, 2.24) is 0 Å². The monoisotopic (exact) mass is 278 g/mol. The molecule has 0 aromatic carbocycles. The Morgan fingerprint density at radius 3 is 1.95 bits per heavy atom. The molecule has 0 amide bonds. The number of carboxylic acids is 1. The summed E-state index contributed by atoms with van der Waals surface area (Å²) in [6.45, 7) is -1.18. The molecule has 0 rings (SSSR count). The number of aliphatic hydroxyl groups excluding tert-OH is 3. The van der Waals surface area contributed by atoms with E-state index < -0.39 is 37.2 Å². The zero-order chi connectivity index (χ0) is 14.7. The number of rotatable bonds is 11. The molecule has 0 unspecified atom stereocenters. The van der Waals surface area contributed by atoms with Crippen LogP contribution in [0.15, 0.2) is 0 Å². The lowest BCUT2D eigenvalue weighted by atomic mass is 9.88. The number of hydrogen-bond acceptors (Lipinski definition) is 6. The zero-order valence-electron chi connectivity index (χ0n) is 10.9. The van der Waals surface area contributed by atoms with Crippen molar-refractivity contribution in [3.05, 3.63) is 0 Å². The first-order valence-electron chi connectivity index (χ1n) is 6.19. The summed E-state index contributed by atoms with van der Waals surface area (Å²) < 4.78 is 4.89. The molecule has 0 aromatic rings. The molecule has 7 nitrogen and oxygen atoms in total. The number of hydrogen-bond donors (Lipinski definition) is 4. The second-order valence-electron chi connectivity index (χ2n) is 4.55. The van der Waals surface area contributed by atoms with Crippen molar-refractivity contribution in [1.29, 1.82) is 0 Å². The van der Waals surface area contributed by atoms with Crippen LogP contribution in [0.3, 0.4) is 0 Å². The van der Waals surface area contributed by atoms with Crippen molar-refractivity contribution >= 4 is 11.9 Å². The number of unbranched alkanes of at least 4 members (excludes halogenated alkanes) is 1. The number of aliphatic hydroxyl groups is 3. The molecule has 19 heavy (non-hydrogen) atoms. The Kier molecular flexibility index (Phi) is 9.11. The van der Waals surface area contributed by atoms with E-state index in [-0.39, 0.29) is 25.9 Å². The van der Waals surface area contributed by atoms with Gasteiger partial charge in [-0.1, -0.05) is 0 Å². The summed E-state index contributed by atoms with van der Waals surface area (Å²) in [5, 5.41) is 35.6. The normalized spacial score (nSPS) is 11.3. The number of carbonyl (C=O) groups is 2. The van der Waals surface area contributed by atoms with Gasteiger partial charge in [-0.3, -0.25) is 9.59 Å². The lowest BCUT2D eigenvalue weighted by molar-refractivity contribution is -0.146. The number of aliphatic carboxylic acids is 1. The number of carbonyl (C=O) groups excluding carboxylic acids is 1. The highest BCUT2D eigenvalue weighted by Gasteiger charge is 2.28. The molecule has 0 aromatic heterocycles. The van der Waals surface area contributed by atoms with Crippen LogP contribution in [0.5, 0.6) is 0 Å². The van der Waals surface area contributed by atoms with Crippen LogP contribution in [0.25, 0.3) is 0 Å². The summed E-state index contributed by atoms with van der Waals surface area (Å²) >= 11 is 0. The molecule has 0 bridgehead atoms. The Hall–Kier alpha value is -1.18. The van der Waals surface area contributed by atoms with Gasteiger partial charge in [-0.2, -0.15) is 0 Å². The Labute approximate surface area is 111 Å². The summed E-state index contributed by atoms with van der Waals surface area (Å²) in [5.74, 6) is -1.35. The van der Waals surface area contributed by atoms with Crippen LogP contribution in [-0.2, 0) is 14.3 Å². The topological polar surface area (TPSA) is 124 Å². The molecule has 0 radical (unpaired) electrons. The fourth-order valence-electron chi connectivity index (χ4n) is 1.39. The second kappa shape index (κ2) is 9.71. The maximum absolute atomic E-state index is 11.3. The first-order valence-corrected chi connectivity index (χ1v) is 6.19. The van der Waals surface area contributed by atoms with E-state index in [0.717, 1.165) is 0 Å². The molecular formula is C12H22O7. The summed E-state index contributed by atoms with van der Waals surface area (Å²) in [4.78, 5) is 21.5. The van der Waals surface area contributed by atoms with Crippen LogP contribution in [0.1, 0.15) is 32.1 Å². The summed E-state index contributed by atoms with van der Waals surface area (Å²) in [5.41, 5.74) is -1.04. The van der Waals surface area contributed by atoms with Gasteiger partial charge in [0.1, 0.15) is 0 Å². The van der Waals surface area contributed by atoms with Gasteiger partial charge in [0.05, 0.1) is 26.4 Å². The fourth-order valence-corrected chi connectivity index (χ4v) is 1.39. The molecule has 0 fully saturated rings. The predicted octanol–water partition coefficient (Wildman–Crippen LogP) is -0.472. The largest absolute Gasteiger partial charge is 0.481 e. The lowest BCUT2D eigenvalue weighted by Crippen LogP contribution is -2.35. The first-order chi connectivity index (χ1) is 8.99. The van der Waals surface area contributed by atoms with Gasteiger partial charge in [-0.15, -0.1) is 0 Å². The van der Waals surface area contributed by atoms with Gasteiger partial charge in [0, 0.05) is 18.3 Å². The molecule has 0 heterocycles. The Balaban J connectivity index is 3.76. The Morgan fingerprint density at radius 2 is 1.47 bits per heavy atom. The van der Waals surface area contributed by atoms with Crippen LogP contribution in [0.4, 0.5) is 0 Å². The van der Waals surface area contributed by atoms with E-state index in [1.807, 2.05) is 0 Å². The third-order valence-corrected chi connectivity index (χ3v) is 2.92. The highest BCUT2D eigenvalue weighted by atomic mass is 16.5. The van der Waals surface area contributed by atoms with Gasteiger partial charge < -0.3 is 25.2 Å². The van der Waals surface area contributed by atoms with Gasteiger partial charge in [-0.25, -0.2) is 0 Å². The maximum Gasteiger partial charge on any atom is 0.305 e. The minimum atomic E-state index is -1.04. The third kappa shape index (κ3) is 7.76. The highest BCUT2D eigenvalue weighted by Crippen LogP contribution is 2.19. The van der Waals surface area contributed by atoms with E-state index in [0.29, 0.717) is 12.8 Å². The minimum absolute atomic E-state index is 0.000552. The molecule has 0 saturated heterocycles. The van der Waals surface area contributed by atoms with Crippen LogP contribution < -0.4 is 0 Å². The highest BCUT2D eigenvalue weighted by molar-refractivity contribution is 5.69. The van der Waals surface area contributed by atoms with E-state index in [4.69, 9.17) is 25.2 Å². The van der Waals surface area contributed by atoms with E-state index in [1.165, 1.54) is 0 Å². The van der Waals surface area contributed by atoms with Gasteiger partial charge >= 0.3 is 11.9 Å². The average molecular weight is 278 g/mol. The summed E-state index contributed by atoms with van der Waals surface area (Å²) in [6, 6.07) is 0. The molecule has 112 valence electrons. The molecule has 0 aliphatic carbocycles. The van der Waals surface area contributed by atoms with Gasteiger partial charge in [0.25, 0.3) is 0 Å². The average Bonchev–Trinajstić information content (AvgIpc) is 2.40. The molecule has 0 spiro atoms. The SMILES string of the molecule is O=C(O)CCCCC(=O)OCCC(CO)(CO)CO. The Morgan fingerprint density at radius 1 is 0.947 bits per heavy atom. The zero-order valence-corrected chi connectivity index (χ0v) is 10.9. The van der Waals surface area contributed by atoms with E-state index in [9.17, 15) is 9.59 Å². The molecular weight excluding hydrogens is 256 g/mol. The van der Waals surface area contributed by atoms with Crippen molar-refractivity contribution in [2.45, 2.75) is 32.1 Å². The van der Waals surface area contributed by atoms with Gasteiger partial charge in [0.2, 0.25) is 0 Å². The smallest absolute Gasteiger partial charge is 0.305 e. The predicted molar refractivity (Wildman–Crippen MR) is 65.4 cm³/mol. The molecule has 0 atom stereocenters. The molecule has 4 N–H and O–H groups in total. The van der Waals surface area contributed by atoms with Crippen molar-refractivity contribution in [3.63, 3.8) is 0 Å². The van der Waals surface area contributed by atoms with Crippen molar-refractivity contribution in [3.8, 4) is 0 Å². The molecule has 7 heteroatoms. The molecule has 0 saturated carbocycles. The van der Waals surface area contributed by atoms with E-state index >= 15 is 0 Å². The van der Waals surface area contributed by atoms with Crippen molar-refractivity contribution < 1.29 is 34.8 Å². The van der Waals surface area contributed by atoms with Crippen LogP contribution in [0.2, 0.25) is 0 Å². The Bertz CT molecular complexity index is 265. The van der Waals surface area contributed by atoms with Crippen LogP contribution in [-0.4, -0.2) is 58.8 Å². The van der Waals surface area contributed by atoms with Crippen molar-refractivity contribution in [2.24, 2.45) is 5.41 Å². The van der Waals surface area contributed by atoms with Gasteiger partial charge in [-0.05, 0) is 19.3 Å². The fraction of sp³-hybridized carbons (Fsp3) is 0.833. The third-order valence-electron chi connectivity index (χ3n) is 2.92. The quantitative estimate of drug-likeness (QED) is 0.297. The first kappa shape index (κ1) is 17.8. The standard InChI is InChI=1S/C12H22O7/c13-7-12(8-14,9-15)5-6-19-11(18)4-2-1-3-10(16)17/h13-15H,1-9H2,(H,16,17). The van der Waals surface area contributed by atoms with E-state index in [2.05, 4.69) is 0 Å². The summed E-state index contributed by atoms with van der Waals surface area (Å²) in [6.07, 6.45) is 1.18. The van der Waals surface area contributed by atoms with Crippen molar-refractivity contribution in [2.75, 3.05) is 26.4 Å². The molecule has 0 aliphatic heterocycles. The maximum atomic E-state index is 11.3. The van der Waals surface area contributed by atoms with Gasteiger partial charge in [0.15, 0.2) is 0 Å². The van der Waals surface area contributed by atoms with Crippen LogP contribution in [0, 0.1) is 5.41 Å².